The number of carbonyl (C=O) groups is 2. The summed E-state index contributed by atoms with van der Waals surface area (Å²) in [7, 11) is 0. The third kappa shape index (κ3) is 4.95. The van der Waals surface area contributed by atoms with Crippen LogP contribution in [0.4, 0.5) is 0 Å². The minimum absolute atomic E-state index is 0.0153. The highest BCUT2D eigenvalue weighted by Crippen LogP contribution is 2.34. The van der Waals surface area contributed by atoms with E-state index < -0.39 is 11.9 Å². The van der Waals surface area contributed by atoms with E-state index >= 15 is 0 Å². The number of carboxylic acid groups (broad SMARTS) is 2. The first-order chi connectivity index (χ1) is 18.5. The van der Waals surface area contributed by atoms with Crippen LogP contribution in [-0.2, 0) is 16.0 Å². The van der Waals surface area contributed by atoms with Crippen molar-refractivity contribution in [3.63, 3.8) is 0 Å². The number of allylic oxidation sites excluding steroid dienone is 5. The number of aliphatic carboxylic acids is 2. The highest BCUT2D eigenvalue weighted by molar-refractivity contribution is 6.20. The average Bonchev–Trinajstić information content (AvgIpc) is 3.53. The van der Waals surface area contributed by atoms with Gasteiger partial charge in [0.05, 0.1) is 22.8 Å². The molecule has 3 aliphatic rings. The average molecular weight is 526 g/mol. The lowest BCUT2D eigenvalue weighted by molar-refractivity contribution is -0.138. The van der Waals surface area contributed by atoms with Crippen molar-refractivity contribution < 1.29 is 19.8 Å². The van der Waals surface area contributed by atoms with E-state index in [9.17, 15) is 19.8 Å². The van der Waals surface area contributed by atoms with Gasteiger partial charge >= 0.3 is 11.9 Å². The standard InChI is InChI=1S/C30H31N5O4/c1-14-9-18-10-22-17(4)30(31)27(35-22)12-24-16(3)20(6-8-29(38)39)26(34-24)13-25-19(5-7-28(36)37)15(2)23(33-25)11-21(14)32-18/h9-13,31-33,35H,5-8H2,1-4H3,(H,36,37)(H,38,39). The zero-order valence-electron chi connectivity index (χ0n) is 22.4. The van der Waals surface area contributed by atoms with Crippen molar-refractivity contribution in [2.24, 2.45) is 4.99 Å². The molecular formula is C30H31N5O4. The summed E-state index contributed by atoms with van der Waals surface area (Å²) in [6.07, 6.45) is 8.32. The molecule has 0 unspecified atom stereocenters. The van der Waals surface area contributed by atoms with Gasteiger partial charge in [0.1, 0.15) is 0 Å². The highest BCUT2D eigenvalue weighted by Gasteiger charge is 2.25. The van der Waals surface area contributed by atoms with E-state index in [-0.39, 0.29) is 12.8 Å². The number of aliphatic imine (C=N–C) groups is 1. The summed E-state index contributed by atoms with van der Waals surface area (Å²) >= 11 is 0. The second-order valence-corrected chi connectivity index (χ2v) is 10.2. The molecule has 200 valence electrons. The number of nitrogens with one attached hydrogen (secondary N) is 4. The highest BCUT2D eigenvalue weighted by atomic mass is 16.4. The van der Waals surface area contributed by atoms with Crippen molar-refractivity contribution in [2.75, 3.05) is 0 Å². The summed E-state index contributed by atoms with van der Waals surface area (Å²) < 4.78 is 0. The van der Waals surface area contributed by atoms with Crippen LogP contribution in [0.1, 0.15) is 61.2 Å². The van der Waals surface area contributed by atoms with Gasteiger partial charge in [-0.25, -0.2) is 4.99 Å². The molecule has 9 nitrogen and oxygen atoms in total. The zero-order chi connectivity index (χ0) is 28.0. The molecule has 0 aliphatic carbocycles. The summed E-state index contributed by atoms with van der Waals surface area (Å²) in [6.45, 7) is 7.82. The van der Waals surface area contributed by atoms with Crippen LogP contribution in [-0.4, -0.2) is 43.5 Å². The number of aromatic nitrogens is 2. The van der Waals surface area contributed by atoms with E-state index in [0.29, 0.717) is 35.7 Å². The number of aromatic amines is 2. The smallest absolute Gasteiger partial charge is 0.303 e. The number of fused-ring (bicyclic) bond motifs is 7. The Morgan fingerprint density at radius 3 is 2.33 bits per heavy atom. The van der Waals surface area contributed by atoms with Crippen LogP contribution >= 0.6 is 0 Å². The second-order valence-electron chi connectivity index (χ2n) is 10.2. The van der Waals surface area contributed by atoms with Crippen molar-refractivity contribution in [3.05, 3.63) is 84.7 Å². The monoisotopic (exact) mass is 525 g/mol. The van der Waals surface area contributed by atoms with Gasteiger partial charge < -0.3 is 25.5 Å². The number of hydrogen-bond donors (Lipinski definition) is 6. The number of nitrogens with zero attached hydrogens (tertiary/aromatic N) is 1. The molecule has 0 fully saturated rings. The zero-order valence-corrected chi connectivity index (χ0v) is 22.4. The van der Waals surface area contributed by atoms with Gasteiger partial charge in [0.25, 0.3) is 0 Å². The maximum atomic E-state index is 11.4. The topological polar surface area (TPSA) is 154 Å². The third-order valence-corrected chi connectivity index (χ3v) is 7.56. The molecular weight excluding hydrogens is 494 g/mol. The van der Waals surface area contributed by atoms with E-state index in [4.69, 9.17) is 10.4 Å². The molecule has 0 aromatic carbocycles. The Kier molecular flexibility index (Phi) is 6.59. The van der Waals surface area contributed by atoms with E-state index in [0.717, 1.165) is 61.2 Å². The Bertz CT molecular complexity index is 1740. The first kappa shape index (κ1) is 26.0. The molecule has 8 bridgehead atoms. The predicted octanol–water partition coefficient (Wildman–Crippen LogP) is 3.36. The van der Waals surface area contributed by atoms with Gasteiger partial charge in [0.2, 0.25) is 0 Å². The number of hydrogen-bond acceptors (Lipinski definition) is 5. The molecule has 39 heavy (non-hydrogen) atoms. The Hall–Kier alpha value is -4.66. The summed E-state index contributed by atoms with van der Waals surface area (Å²) in [6, 6.07) is 2.05. The van der Waals surface area contributed by atoms with Gasteiger partial charge in [-0.3, -0.25) is 15.0 Å². The molecule has 6 N–H and O–H groups in total. The van der Waals surface area contributed by atoms with Gasteiger partial charge in [-0.15, -0.1) is 0 Å². The molecule has 0 saturated carbocycles. The summed E-state index contributed by atoms with van der Waals surface area (Å²) in [5.41, 5.74) is 10.1. The van der Waals surface area contributed by atoms with Crippen LogP contribution in [0, 0.1) is 19.3 Å². The molecule has 0 saturated heterocycles. The van der Waals surface area contributed by atoms with Crippen LogP contribution in [0.3, 0.4) is 0 Å². The minimum Gasteiger partial charge on any atom is -0.481 e. The van der Waals surface area contributed by atoms with E-state index in [1.165, 1.54) is 0 Å². The molecule has 2 aromatic rings. The van der Waals surface area contributed by atoms with Gasteiger partial charge in [-0.1, -0.05) is 0 Å². The normalized spacial score (nSPS) is 16.4. The van der Waals surface area contributed by atoms with Crippen molar-refractivity contribution in [2.45, 2.75) is 53.4 Å². The molecule has 5 heterocycles. The van der Waals surface area contributed by atoms with Crippen LogP contribution in [0.15, 0.2) is 50.9 Å². The molecule has 0 atom stereocenters. The fourth-order valence-corrected chi connectivity index (χ4v) is 5.23. The van der Waals surface area contributed by atoms with E-state index in [2.05, 4.69) is 21.4 Å². The van der Waals surface area contributed by atoms with E-state index in [1.807, 2.05) is 52.0 Å². The Morgan fingerprint density at radius 1 is 0.897 bits per heavy atom. The molecule has 0 radical (unpaired) electrons. The van der Waals surface area contributed by atoms with Crippen molar-refractivity contribution >= 4 is 41.6 Å². The molecule has 5 rings (SSSR count). The number of aryl methyl sites for hydroxylation is 1. The van der Waals surface area contributed by atoms with Crippen LogP contribution in [0.5, 0.6) is 0 Å². The molecule has 0 amide bonds. The van der Waals surface area contributed by atoms with Gasteiger partial charge in [0, 0.05) is 40.6 Å². The Labute approximate surface area is 225 Å². The minimum atomic E-state index is -0.894. The fourth-order valence-electron chi connectivity index (χ4n) is 5.23. The van der Waals surface area contributed by atoms with Crippen molar-refractivity contribution in [3.8, 4) is 0 Å². The Balaban J connectivity index is 1.78. The number of carboxylic acids is 2. The molecule has 2 aromatic heterocycles. The maximum Gasteiger partial charge on any atom is 0.303 e. The SMILES string of the molecule is CC1=C2C=c3cc(C)c([nH]3)=Cc3[nH]c(c(CCC(=O)O)c3C)C=C3N=C(C=C(N2)C1=N)C(C)=C3CCC(=O)O. The first-order valence-electron chi connectivity index (χ1n) is 12.9. The number of rotatable bonds is 6. The Morgan fingerprint density at radius 2 is 1.62 bits per heavy atom. The van der Waals surface area contributed by atoms with Crippen LogP contribution in [0.2, 0.25) is 0 Å². The van der Waals surface area contributed by atoms with E-state index in [1.54, 1.807) is 0 Å². The lowest BCUT2D eigenvalue weighted by Crippen LogP contribution is -2.14. The lowest BCUT2D eigenvalue weighted by atomic mass is 9.98. The molecule has 0 spiro atoms. The van der Waals surface area contributed by atoms with Crippen LogP contribution in [0.25, 0.3) is 18.2 Å². The molecule has 3 aliphatic heterocycles. The largest absolute Gasteiger partial charge is 0.481 e. The summed E-state index contributed by atoms with van der Waals surface area (Å²) in [4.78, 5) is 34.7. The summed E-state index contributed by atoms with van der Waals surface area (Å²) in [5.74, 6) is -1.77. The lowest BCUT2D eigenvalue weighted by Gasteiger charge is -2.06. The third-order valence-electron chi connectivity index (χ3n) is 7.56. The van der Waals surface area contributed by atoms with Crippen molar-refractivity contribution in [1.82, 2.24) is 15.3 Å². The van der Waals surface area contributed by atoms with Crippen molar-refractivity contribution in [1.29, 1.82) is 5.41 Å². The fraction of sp³-hybridized carbons (Fsp3) is 0.267. The first-order valence-corrected chi connectivity index (χ1v) is 12.9. The van der Waals surface area contributed by atoms with Gasteiger partial charge in [0.15, 0.2) is 0 Å². The summed E-state index contributed by atoms with van der Waals surface area (Å²) in [5, 5.41) is 32.6. The van der Waals surface area contributed by atoms with Gasteiger partial charge in [-0.05, 0) is 104 Å². The maximum absolute atomic E-state index is 11.4. The molecule has 9 heteroatoms. The van der Waals surface area contributed by atoms with Gasteiger partial charge in [-0.2, -0.15) is 0 Å². The van der Waals surface area contributed by atoms with Crippen LogP contribution < -0.4 is 16.0 Å². The quantitative estimate of drug-likeness (QED) is 0.341. The second kappa shape index (κ2) is 9.90. The number of H-pyrrole nitrogens is 2. The predicted molar refractivity (Wildman–Crippen MR) is 151 cm³/mol.